The maximum Gasteiger partial charge on any atom is 0.414 e. The molecule has 4 heteroatoms. The molecule has 0 aliphatic carbocycles. The lowest BCUT2D eigenvalue weighted by Gasteiger charge is -2.15. The van der Waals surface area contributed by atoms with E-state index in [4.69, 9.17) is 11.2 Å². The van der Waals surface area contributed by atoms with Crippen LogP contribution in [0.15, 0.2) is 24.3 Å². The van der Waals surface area contributed by atoms with Gasteiger partial charge in [0, 0.05) is 20.1 Å². The van der Waals surface area contributed by atoms with Crippen LogP contribution in [-0.4, -0.2) is 49.6 Å². The van der Waals surface area contributed by atoms with Crippen LogP contribution < -0.4 is 4.74 Å². The number of amides is 1. The van der Waals surface area contributed by atoms with Gasteiger partial charge < -0.3 is 9.64 Å². The van der Waals surface area contributed by atoms with Crippen LogP contribution in [0.25, 0.3) is 0 Å². The average Bonchev–Trinajstić information content (AvgIpc) is 2.45. The smallest absolute Gasteiger partial charge is 0.410 e. The molecular formula is C16H22N2O2. The molecule has 0 unspecified atom stereocenters. The monoisotopic (exact) mass is 274 g/mol. The molecule has 0 aromatic heterocycles. The molecule has 20 heavy (non-hydrogen) atoms. The Labute approximate surface area is 121 Å². The Morgan fingerprint density at radius 3 is 2.80 bits per heavy atom. The molecule has 1 aromatic rings. The van der Waals surface area contributed by atoms with Gasteiger partial charge in [-0.25, -0.2) is 4.79 Å². The minimum absolute atomic E-state index is 0.339. The van der Waals surface area contributed by atoms with Crippen molar-refractivity contribution in [1.29, 1.82) is 0 Å². The van der Waals surface area contributed by atoms with Crippen molar-refractivity contribution in [2.45, 2.75) is 13.3 Å². The largest absolute Gasteiger partial charge is 0.414 e. The van der Waals surface area contributed by atoms with Crippen LogP contribution in [-0.2, 0) is 6.42 Å². The van der Waals surface area contributed by atoms with Crippen molar-refractivity contribution in [3.8, 4) is 18.1 Å². The second-order valence-corrected chi connectivity index (χ2v) is 4.72. The maximum absolute atomic E-state index is 11.7. The molecule has 0 saturated carbocycles. The van der Waals surface area contributed by atoms with E-state index in [0.29, 0.717) is 18.8 Å². The van der Waals surface area contributed by atoms with E-state index in [1.165, 1.54) is 4.90 Å². The lowest BCUT2D eigenvalue weighted by Crippen LogP contribution is -2.29. The second-order valence-electron chi connectivity index (χ2n) is 4.72. The zero-order valence-corrected chi connectivity index (χ0v) is 12.4. The SMILES string of the molecule is C#CCN(C)CCc1cccc(OC(=O)N(C)CC)c1. The van der Waals surface area contributed by atoms with E-state index in [1.807, 2.05) is 32.2 Å². The standard InChI is InChI=1S/C16H22N2O2/c1-5-11-17(3)12-10-14-8-7-9-15(13-14)20-16(19)18(4)6-2/h1,7-9,13H,6,10-12H2,2-4H3. The van der Waals surface area contributed by atoms with Crippen LogP contribution in [0.1, 0.15) is 12.5 Å². The number of ether oxygens (including phenoxy) is 1. The van der Waals surface area contributed by atoms with Crippen molar-refractivity contribution in [2.24, 2.45) is 0 Å². The lowest BCUT2D eigenvalue weighted by atomic mass is 10.1. The molecule has 0 aliphatic heterocycles. The van der Waals surface area contributed by atoms with Gasteiger partial charge in [0.2, 0.25) is 0 Å². The summed E-state index contributed by atoms with van der Waals surface area (Å²) in [6, 6.07) is 7.59. The van der Waals surface area contributed by atoms with Crippen LogP contribution in [0.5, 0.6) is 5.75 Å². The molecule has 0 spiro atoms. The molecule has 1 aromatic carbocycles. The van der Waals surface area contributed by atoms with E-state index in [1.54, 1.807) is 13.1 Å². The third-order valence-electron chi connectivity index (χ3n) is 3.03. The Morgan fingerprint density at radius 1 is 1.40 bits per heavy atom. The van der Waals surface area contributed by atoms with Gasteiger partial charge >= 0.3 is 6.09 Å². The molecule has 1 rings (SSSR count). The number of nitrogens with zero attached hydrogens (tertiary/aromatic N) is 2. The minimum atomic E-state index is -0.339. The van der Waals surface area contributed by atoms with Crippen LogP contribution in [0.2, 0.25) is 0 Å². The highest BCUT2D eigenvalue weighted by atomic mass is 16.6. The summed E-state index contributed by atoms with van der Waals surface area (Å²) in [5.41, 5.74) is 1.12. The molecule has 1 amide bonds. The summed E-state index contributed by atoms with van der Waals surface area (Å²) in [6.45, 7) is 4.03. The molecule has 0 saturated heterocycles. The summed E-state index contributed by atoms with van der Waals surface area (Å²) in [5.74, 6) is 3.19. The number of carbonyl (C=O) groups excluding carboxylic acids is 1. The predicted molar refractivity (Wildman–Crippen MR) is 80.8 cm³/mol. The van der Waals surface area contributed by atoms with Crippen molar-refractivity contribution in [2.75, 3.05) is 33.7 Å². The molecule has 0 heterocycles. The first kappa shape index (κ1) is 16.1. The fourth-order valence-electron chi connectivity index (χ4n) is 1.63. The fourth-order valence-corrected chi connectivity index (χ4v) is 1.63. The van der Waals surface area contributed by atoms with Gasteiger partial charge in [0.05, 0.1) is 6.54 Å². The summed E-state index contributed by atoms with van der Waals surface area (Å²) in [7, 11) is 3.70. The first-order valence-corrected chi connectivity index (χ1v) is 6.70. The summed E-state index contributed by atoms with van der Waals surface area (Å²) >= 11 is 0. The zero-order chi connectivity index (χ0) is 15.0. The van der Waals surface area contributed by atoms with Crippen LogP contribution >= 0.6 is 0 Å². The Hall–Kier alpha value is -1.99. The highest BCUT2D eigenvalue weighted by Gasteiger charge is 2.09. The topological polar surface area (TPSA) is 32.8 Å². The molecule has 0 bridgehead atoms. The number of benzene rings is 1. The number of hydrogen-bond donors (Lipinski definition) is 0. The number of terminal acetylenes is 1. The molecule has 0 radical (unpaired) electrons. The van der Waals surface area contributed by atoms with Gasteiger partial charge in [0.15, 0.2) is 0 Å². The maximum atomic E-state index is 11.7. The zero-order valence-electron chi connectivity index (χ0n) is 12.4. The Morgan fingerprint density at radius 2 is 2.15 bits per heavy atom. The van der Waals surface area contributed by atoms with Gasteiger partial charge in [0.1, 0.15) is 5.75 Å². The van der Waals surface area contributed by atoms with E-state index in [0.717, 1.165) is 18.5 Å². The first-order valence-electron chi connectivity index (χ1n) is 6.70. The molecule has 4 nitrogen and oxygen atoms in total. The number of likely N-dealkylation sites (N-methyl/N-ethyl adjacent to an activating group) is 1. The summed E-state index contributed by atoms with van der Waals surface area (Å²) in [5, 5.41) is 0. The van der Waals surface area contributed by atoms with Crippen LogP contribution in [0, 0.1) is 12.3 Å². The van der Waals surface area contributed by atoms with Gasteiger partial charge in [-0.3, -0.25) is 4.90 Å². The van der Waals surface area contributed by atoms with Crippen LogP contribution in [0.4, 0.5) is 4.79 Å². The molecule has 0 fully saturated rings. The third-order valence-corrected chi connectivity index (χ3v) is 3.03. The highest BCUT2D eigenvalue weighted by Crippen LogP contribution is 2.15. The first-order chi connectivity index (χ1) is 9.56. The second kappa shape index (κ2) is 8.23. The average molecular weight is 274 g/mol. The van der Waals surface area contributed by atoms with E-state index in [2.05, 4.69) is 10.8 Å². The lowest BCUT2D eigenvalue weighted by molar-refractivity contribution is 0.165. The van der Waals surface area contributed by atoms with Gasteiger partial charge in [-0.15, -0.1) is 6.42 Å². The summed E-state index contributed by atoms with van der Waals surface area (Å²) < 4.78 is 5.30. The summed E-state index contributed by atoms with van der Waals surface area (Å²) in [4.78, 5) is 15.3. The van der Waals surface area contributed by atoms with Crippen molar-refractivity contribution in [3.05, 3.63) is 29.8 Å². The van der Waals surface area contributed by atoms with Gasteiger partial charge in [0.25, 0.3) is 0 Å². The fraction of sp³-hybridized carbons (Fsp3) is 0.438. The normalized spacial score (nSPS) is 10.2. The van der Waals surface area contributed by atoms with E-state index < -0.39 is 0 Å². The predicted octanol–water partition coefficient (Wildman–Crippen LogP) is 2.24. The van der Waals surface area contributed by atoms with Crippen LogP contribution in [0.3, 0.4) is 0 Å². The minimum Gasteiger partial charge on any atom is -0.410 e. The van der Waals surface area contributed by atoms with E-state index in [9.17, 15) is 4.79 Å². The van der Waals surface area contributed by atoms with Gasteiger partial charge in [-0.05, 0) is 38.1 Å². The summed E-state index contributed by atoms with van der Waals surface area (Å²) in [6.07, 6.45) is 5.79. The Kier molecular flexibility index (Phi) is 6.61. The van der Waals surface area contributed by atoms with Crippen molar-refractivity contribution >= 4 is 6.09 Å². The molecular weight excluding hydrogens is 252 g/mol. The van der Waals surface area contributed by atoms with Crippen molar-refractivity contribution in [3.63, 3.8) is 0 Å². The van der Waals surface area contributed by atoms with Crippen molar-refractivity contribution in [1.82, 2.24) is 9.80 Å². The van der Waals surface area contributed by atoms with Gasteiger partial charge in [-0.2, -0.15) is 0 Å². The number of hydrogen-bond acceptors (Lipinski definition) is 3. The molecule has 108 valence electrons. The van der Waals surface area contributed by atoms with Crippen molar-refractivity contribution < 1.29 is 9.53 Å². The van der Waals surface area contributed by atoms with E-state index >= 15 is 0 Å². The third kappa shape index (κ3) is 5.33. The van der Waals surface area contributed by atoms with Gasteiger partial charge in [-0.1, -0.05) is 18.1 Å². The Balaban J connectivity index is 2.58. The number of rotatable bonds is 6. The van der Waals surface area contributed by atoms with E-state index in [-0.39, 0.29) is 6.09 Å². The Bertz CT molecular complexity index is 480. The molecule has 0 atom stereocenters. The number of carbonyl (C=O) groups is 1. The molecule has 0 N–H and O–H groups in total. The highest BCUT2D eigenvalue weighted by molar-refractivity contribution is 5.70. The quantitative estimate of drug-likeness (QED) is 0.746. The molecule has 0 aliphatic rings.